The Hall–Kier alpha value is -1.43. The summed E-state index contributed by atoms with van der Waals surface area (Å²) in [4.78, 5) is 14.4. The van der Waals surface area contributed by atoms with Crippen LogP contribution in [0.4, 0.5) is 5.69 Å². The molecule has 0 unspecified atom stereocenters. The molecule has 0 bridgehead atoms. The molecule has 2 aliphatic heterocycles. The smallest absolute Gasteiger partial charge is 0.228 e. The van der Waals surface area contributed by atoms with Crippen LogP contribution >= 0.6 is 0 Å². The third-order valence-electron chi connectivity index (χ3n) is 5.52. The highest BCUT2D eigenvalue weighted by atomic mass is 16.7. The summed E-state index contributed by atoms with van der Waals surface area (Å²) in [6.45, 7) is 2.25. The lowest BCUT2D eigenvalue weighted by Gasteiger charge is -2.39. The topological polar surface area (TPSA) is 50.8 Å². The highest BCUT2D eigenvalue weighted by Gasteiger charge is 2.41. The number of piperidine rings is 1. The molecule has 5 heteroatoms. The Balaban J connectivity index is 1.28. The van der Waals surface area contributed by atoms with Gasteiger partial charge in [0.15, 0.2) is 5.79 Å². The zero-order valence-electron chi connectivity index (χ0n) is 14.1. The van der Waals surface area contributed by atoms with Gasteiger partial charge in [0.1, 0.15) is 0 Å². The Morgan fingerprint density at radius 2 is 1.71 bits per heavy atom. The van der Waals surface area contributed by atoms with Gasteiger partial charge >= 0.3 is 0 Å². The number of benzene rings is 1. The first-order chi connectivity index (χ1) is 11.7. The van der Waals surface area contributed by atoms with Gasteiger partial charge in [-0.3, -0.25) is 4.79 Å². The number of rotatable bonds is 3. The van der Waals surface area contributed by atoms with Crippen molar-refractivity contribution in [3.05, 3.63) is 30.3 Å². The maximum atomic E-state index is 12.5. The lowest BCUT2D eigenvalue weighted by molar-refractivity contribution is -0.179. The van der Waals surface area contributed by atoms with Crippen molar-refractivity contribution in [1.29, 1.82) is 0 Å². The molecule has 1 spiro atoms. The van der Waals surface area contributed by atoms with Gasteiger partial charge in [0.25, 0.3) is 0 Å². The van der Waals surface area contributed by atoms with E-state index in [2.05, 4.69) is 5.32 Å². The van der Waals surface area contributed by atoms with E-state index in [1.54, 1.807) is 0 Å². The lowest BCUT2D eigenvalue weighted by Crippen LogP contribution is -2.51. The molecular formula is C19H26N2O3. The molecule has 5 nitrogen and oxygen atoms in total. The molecule has 4 rings (SSSR count). The number of nitrogens with zero attached hydrogens (tertiary/aromatic N) is 1. The first-order valence-electron chi connectivity index (χ1n) is 9.13. The number of anilines is 1. The SMILES string of the molecule is O=C1C[C@H](NC2CCC3(CC2)OCCO3)CCN1c1ccccc1. The standard InChI is InChI=1S/C19H26N2O3/c22-18-14-16(8-11-21(18)17-4-2-1-3-5-17)20-15-6-9-19(10-7-15)23-12-13-24-19/h1-5,15-16,20H,6-14H2/t16-/m1/s1. The molecule has 3 fully saturated rings. The number of para-hydroxylation sites is 1. The number of ether oxygens (including phenoxy) is 2. The predicted molar refractivity (Wildman–Crippen MR) is 91.8 cm³/mol. The summed E-state index contributed by atoms with van der Waals surface area (Å²) in [6, 6.07) is 10.7. The number of hydrogen-bond donors (Lipinski definition) is 1. The molecule has 2 saturated heterocycles. The molecule has 0 aromatic heterocycles. The second kappa shape index (κ2) is 6.82. The molecule has 2 heterocycles. The molecule has 1 N–H and O–H groups in total. The van der Waals surface area contributed by atoms with Crippen molar-refractivity contribution in [3.8, 4) is 0 Å². The molecule has 0 radical (unpaired) electrons. The fourth-order valence-electron chi connectivity index (χ4n) is 4.20. The van der Waals surface area contributed by atoms with Crippen molar-refractivity contribution >= 4 is 11.6 Å². The van der Waals surface area contributed by atoms with Crippen LogP contribution in [-0.2, 0) is 14.3 Å². The van der Waals surface area contributed by atoms with Crippen molar-refractivity contribution < 1.29 is 14.3 Å². The largest absolute Gasteiger partial charge is 0.348 e. The van der Waals surface area contributed by atoms with Gasteiger partial charge in [0.2, 0.25) is 5.91 Å². The fourth-order valence-corrected chi connectivity index (χ4v) is 4.20. The van der Waals surface area contributed by atoms with E-state index in [4.69, 9.17) is 9.47 Å². The molecule has 1 aromatic rings. The predicted octanol–water partition coefficient (Wildman–Crippen LogP) is 2.46. The molecule has 1 atom stereocenters. The van der Waals surface area contributed by atoms with E-state index in [0.29, 0.717) is 18.5 Å². The summed E-state index contributed by atoms with van der Waals surface area (Å²) < 4.78 is 11.6. The molecule has 24 heavy (non-hydrogen) atoms. The molecule has 3 aliphatic rings. The molecule has 1 aromatic carbocycles. The van der Waals surface area contributed by atoms with Gasteiger partial charge in [0.05, 0.1) is 13.2 Å². The molecule has 1 aliphatic carbocycles. The Labute approximate surface area is 143 Å². The minimum Gasteiger partial charge on any atom is -0.348 e. The first kappa shape index (κ1) is 16.1. The zero-order chi connectivity index (χ0) is 16.4. The number of carbonyl (C=O) groups is 1. The Bertz CT molecular complexity index is 561. The van der Waals surface area contributed by atoms with Crippen LogP contribution in [0.25, 0.3) is 0 Å². The van der Waals surface area contributed by atoms with Gasteiger partial charge in [-0.2, -0.15) is 0 Å². The van der Waals surface area contributed by atoms with Crippen LogP contribution in [-0.4, -0.2) is 43.5 Å². The second-order valence-electron chi connectivity index (χ2n) is 7.12. The first-order valence-corrected chi connectivity index (χ1v) is 9.13. The molecule has 130 valence electrons. The van der Waals surface area contributed by atoms with Crippen LogP contribution in [0.2, 0.25) is 0 Å². The van der Waals surface area contributed by atoms with Crippen LogP contribution in [0.1, 0.15) is 38.5 Å². The van der Waals surface area contributed by atoms with E-state index in [-0.39, 0.29) is 11.7 Å². The second-order valence-corrected chi connectivity index (χ2v) is 7.12. The third-order valence-corrected chi connectivity index (χ3v) is 5.52. The normalized spacial score (nSPS) is 27.8. The van der Waals surface area contributed by atoms with Gasteiger partial charge in [-0.1, -0.05) is 18.2 Å². The van der Waals surface area contributed by atoms with E-state index >= 15 is 0 Å². The zero-order valence-corrected chi connectivity index (χ0v) is 14.1. The monoisotopic (exact) mass is 330 g/mol. The highest BCUT2D eigenvalue weighted by Crippen LogP contribution is 2.36. The van der Waals surface area contributed by atoms with Crippen LogP contribution in [0.3, 0.4) is 0 Å². The number of amides is 1. The Kier molecular flexibility index (Phi) is 4.57. The summed E-state index contributed by atoms with van der Waals surface area (Å²) in [6.07, 6.45) is 5.64. The molecule has 1 amide bonds. The van der Waals surface area contributed by atoms with Gasteiger partial charge in [-0.15, -0.1) is 0 Å². The van der Waals surface area contributed by atoms with Gasteiger partial charge in [-0.25, -0.2) is 0 Å². The summed E-state index contributed by atoms with van der Waals surface area (Å²) in [5.74, 6) is -0.0790. The van der Waals surface area contributed by atoms with Crippen LogP contribution in [0.5, 0.6) is 0 Å². The van der Waals surface area contributed by atoms with Crippen LogP contribution in [0.15, 0.2) is 30.3 Å². The van der Waals surface area contributed by atoms with Crippen LogP contribution < -0.4 is 10.2 Å². The van der Waals surface area contributed by atoms with Gasteiger partial charge in [0, 0.05) is 43.6 Å². The van der Waals surface area contributed by atoms with Crippen LogP contribution in [0, 0.1) is 0 Å². The number of carbonyl (C=O) groups excluding carboxylic acids is 1. The minimum absolute atomic E-state index is 0.222. The van der Waals surface area contributed by atoms with Crippen molar-refractivity contribution in [2.75, 3.05) is 24.7 Å². The van der Waals surface area contributed by atoms with Gasteiger partial charge in [-0.05, 0) is 31.4 Å². The fraction of sp³-hybridized carbons (Fsp3) is 0.632. The number of nitrogens with one attached hydrogen (secondary N) is 1. The van der Waals surface area contributed by atoms with Crippen molar-refractivity contribution in [2.45, 2.75) is 56.4 Å². The van der Waals surface area contributed by atoms with E-state index in [1.165, 1.54) is 0 Å². The molecular weight excluding hydrogens is 304 g/mol. The minimum atomic E-state index is -0.301. The summed E-state index contributed by atoms with van der Waals surface area (Å²) in [5, 5.41) is 3.71. The van der Waals surface area contributed by atoms with Crippen molar-refractivity contribution in [3.63, 3.8) is 0 Å². The Morgan fingerprint density at radius 3 is 2.38 bits per heavy atom. The average Bonchev–Trinajstić information content (AvgIpc) is 3.06. The molecule has 1 saturated carbocycles. The van der Waals surface area contributed by atoms with E-state index < -0.39 is 0 Å². The number of hydrogen-bond acceptors (Lipinski definition) is 4. The van der Waals surface area contributed by atoms with E-state index in [1.807, 2.05) is 35.2 Å². The lowest BCUT2D eigenvalue weighted by atomic mass is 9.89. The van der Waals surface area contributed by atoms with Crippen molar-refractivity contribution in [2.24, 2.45) is 0 Å². The third kappa shape index (κ3) is 3.34. The Morgan fingerprint density at radius 1 is 1.00 bits per heavy atom. The van der Waals surface area contributed by atoms with E-state index in [9.17, 15) is 4.79 Å². The average molecular weight is 330 g/mol. The highest BCUT2D eigenvalue weighted by molar-refractivity contribution is 5.94. The van der Waals surface area contributed by atoms with Gasteiger partial charge < -0.3 is 19.7 Å². The quantitative estimate of drug-likeness (QED) is 0.925. The summed E-state index contributed by atoms with van der Waals surface area (Å²) in [5.41, 5.74) is 1.01. The maximum Gasteiger partial charge on any atom is 0.228 e. The maximum absolute atomic E-state index is 12.5. The van der Waals surface area contributed by atoms with E-state index in [0.717, 1.165) is 57.6 Å². The summed E-state index contributed by atoms with van der Waals surface area (Å²) in [7, 11) is 0. The summed E-state index contributed by atoms with van der Waals surface area (Å²) >= 11 is 0. The van der Waals surface area contributed by atoms with Crippen molar-refractivity contribution in [1.82, 2.24) is 5.32 Å².